The first-order chi connectivity index (χ1) is 12.9. The molecule has 0 amide bonds. The summed E-state index contributed by atoms with van der Waals surface area (Å²) in [5.41, 5.74) is 2.54. The average molecular weight is 350 g/mol. The lowest BCUT2D eigenvalue weighted by molar-refractivity contribution is 0.413. The van der Waals surface area contributed by atoms with Gasteiger partial charge in [-0.1, -0.05) is 38.5 Å². The van der Waals surface area contributed by atoms with Crippen LogP contribution in [0, 0.1) is 11.8 Å². The van der Waals surface area contributed by atoms with E-state index in [4.69, 9.17) is 0 Å². The normalized spacial score (nSPS) is 20.6. The molecular weight excluding hydrogens is 324 g/mol. The fourth-order valence-electron chi connectivity index (χ4n) is 4.58. The van der Waals surface area contributed by atoms with Crippen molar-refractivity contribution in [1.29, 1.82) is 0 Å². The Balaban J connectivity index is 1.88. The Kier molecular flexibility index (Phi) is 5.57. The third-order valence-corrected chi connectivity index (χ3v) is 5.79. The van der Waals surface area contributed by atoms with E-state index in [1.54, 1.807) is 25.3 Å². The van der Waals surface area contributed by atoms with Crippen molar-refractivity contribution >= 4 is 11.1 Å². The zero-order valence-corrected chi connectivity index (χ0v) is 15.2. The highest BCUT2D eigenvalue weighted by atomic mass is 15.0. The van der Waals surface area contributed by atoms with Gasteiger partial charge in [0.1, 0.15) is 25.3 Å². The first-order valence-corrected chi connectivity index (χ1v) is 9.92. The Hall–Kier alpha value is -2.24. The van der Waals surface area contributed by atoms with Crippen LogP contribution < -0.4 is 0 Å². The molecule has 136 valence electrons. The van der Waals surface area contributed by atoms with E-state index in [-0.39, 0.29) is 0 Å². The Morgan fingerprint density at radius 3 is 1.23 bits per heavy atom. The highest BCUT2D eigenvalue weighted by molar-refractivity contribution is 5.88. The molecule has 0 radical (unpaired) electrons. The number of allylic oxidation sites excluding steroid dienone is 2. The first-order valence-electron chi connectivity index (χ1n) is 9.92. The van der Waals surface area contributed by atoms with Crippen molar-refractivity contribution in [2.45, 2.75) is 64.2 Å². The van der Waals surface area contributed by atoms with Crippen LogP contribution in [0.15, 0.2) is 25.3 Å². The fraction of sp³-hybridized carbons (Fsp3) is 0.600. The van der Waals surface area contributed by atoms with E-state index in [0.717, 1.165) is 11.6 Å². The van der Waals surface area contributed by atoms with E-state index in [0.29, 0.717) is 11.8 Å². The molecule has 2 aliphatic rings. The SMILES string of the molecule is c1ncnc(/C(=C(\c2ncncn2)C2CCCCC2)C2CCCCC2)n1. The smallest absolute Gasteiger partial charge is 0.159 e. The van der Waals surface area contributed by atoms with E-state index in [1.807, 2.05) is 0 Å². The summed E-state index contributed by atoms with van der Waals surface area (Å²) in [5.74, 6) is 2.60. The van der Waals surface area contributed by atoms with Crippen LogP contribution in [0.25, 0.3) is 11.1 Å². The van der Waals surface area contributed by atoms with Crippen LogP contribution in [0.1, 0.15) is 75.9 Å². The lowest BCUT2D eigenvalue weighted by Gasteiger charge is -2.31. The van der Waals surface area contributed by atoms with Crippen molar-refractivity contribution in [3.63, 3.8) is 0 Å². The van der Waals surface area contributed by atoms with Crippen LogP contribution in [0.5, 0.6) is 0 Å². The summed E-state index contributed by atoms with van der Waals surface area (Å²) in [6.45, 7) is 0. The topological polar surface area (TPSA) is 77.3 Å². The van der Waals surface area contributed by atoms with Gasteiger partial charge in [0.2, 0.25) is 0 Å². The van der Waals surface area contributed by atoms with Gasteiger partial charge in [-0.05, 0) is 37.5 Å². The van der Waals surface area contributed by atoms with Gasteiger partial charge < -0.3 is 0 Å². The number of hydrogen-bond acceptors (Lipinski definition) is 6. The first kappa shape index (κ1) is 17.2. The molecule has 2 fully saturated rings. The predicted octanol–water partition coefficient (Wildman–Crippen LogP) is 4.13. The van der Waals surface area contributed by atoms with E-state index >= 15 is 0 Å². The lowest BCUT2D eigenvalue weighted by Crippen LogP contribution is -2.18. The Morgan fingerprint density at radius 1 is 0.538 bits per heavy atom. The minimum absolute atomic E-state index is 0.486. The predicted molar refractivity (Wildman–Crippen MR) is 99.6 cm³/mol. The van der Waals surface area contributed by atoms with Crippen LogP contribution in [-0.2, 0) is 0 Å². The van der Waals surface area contributed by atoms with Gasteiger partial charge in [0, 0.05) is 11.1 Å². The number of rotatable bonds is 4. The maximum Gasteiger partial charge on any atom is 0.159 e. The number of nitrogens with zero attached hydrogens (tertiary/aromatic N) is 6. The zero-order valence-electron chi connectivity index (χ0n) is 15.2. The number of hydrogen-bond donors (Lipinski definition) is 0. The average Bonchev–Trinajstić information content (AvgIpc) is 2.74. The molecule has 2 heterocycles. The van der Waals surface area contributed by atoms with Crippen LogP contribution in [-0.4, -0.2) is 29.9 Å². The maximum absolute atomic E-state index is 4.54. The quantitative estimate of drug-likeness (QED) is 0.825. The van der Waals surface area contributed by atoms with Crippen molar-refractivity contribution in [1.82, 2.24) is 29.9 Å². The molecular formula is C20H26N6. The molecule has 0 spiro atoms. The summed E-state index contributed by atoms with van der Waals surface area (Å²) < 4.78 is 0. The van der Waals surface area contributed by atoms with Crippen molar-refractivity contribution in [3.05, 3.63) is 37.0 Å². The van der Waals surface area contributed by atoms with Crippen LogP contribution in [0.3, 0.4) is 0 Å². The molecule has 4 rings (SSSR count). The summed E-state index contributed by atoms with van der Waals surface area (Å²) in [6.07, 6.45) is 19.0. The van der Waals surface area contributed by atoms with Gasteiger partial charge in [-0.3, -0.25) is 0 Å². The zero-order chi connectivity index (χ0) is 17.6. The van der Waals surface area contributed by atoms with Gasteiger partial charge in [0.15, 0.2) is 11.6 Å². The van der Waals surface area contributed by atoms with E-state index < -0.39 is 0 Å². The molecule has 0 saturated heterocycles. The third-order valence-electron chi connectivity index (χ3n) is 5.79. The highest BCUT2D eigenvalue weighted by Crippen LogP contribution is 2.44. The molecule has 2 saturated carbocycles. The van der Waals surface area contributed by atoms with E-state index in [2.05, 4.69) is 29.9 Å². The maximum atomic E-state index is 4.54. The van der Waals surface area contributed by atoms with Crippen molar-refractivity contribution in [3.8, 4) is 0 Å². The molecule has 6 heteroatoms. The minimum atomic E-state index is 0.486. The Labute approximate surface area is 154 Å². The number of aromatic nitrogens is 6. The van der Waals surface area contributed by atoms with Gasteiger partial charge in [0.05, 0.1) is 0 Å². The summed E-state index contributed by atoms with van der Waals surface area (Å²) in [6, 6.07) is 0. The third kappa shape index (κ3) is 3.79. The molecule has 2 aromatic heterocycles. The minimum Gasteiger partial charge on any atom is -0.225 e. The molecule has 2 aliphatic carbocycles. The van der Waals surface area contributed by atoms with Crippen molar-refractivity contribution in [2.24, 2.45) is 11.8 Å². The molecule has 0 unspecified atom stereocenters. The van der Waals surface area contributed by atoms with Gasteiger partial charge in [0.25, 0.3) is 0 Å². The van der Waals surface area contributed by atoms with Crippen LogP contribution in [0.2, 0.25) is 0 Å². The summed E-state index contributed by atoms with van der Waals surface area (Å²) >= 11 is 0. The Bertz CT molecular complexity index is 655. The summed E-state index contributed by atoms with van der Waals surface area (Å²) in [7, 11) is 0. The molecule has 0 aliphatic heterocycles. The molecule has 6 nitrogen and oxygen atoms in total. The summed E-state index contributed by atoms with van der Waals surface area (Å²) in [5, 5.41) is 0. The molecule has 2 aromatic rings. The van der Waals surface area contributed by atoms with E-state index in [1.165, 1.54) is 75.4 Å². The fourth-order valence-corrected chi connectivity index (χ4v) is 4.58. The molecule has 0 bridgehead atoms. The van der Waals surface area contributed by atoms with Crippen molar-refractivity contribution in [2.75, 3.05) is 0 Å². The molecule has 0 aromatic carbocycles. The highest BCUT2D eigenvalue weighted by Gasteiger charge is 2.31. The molecule has 0 atom stereocenters. The second-order valence-electron chi connectivity index (χ2n) is 7.42. The largest absolute Gasteiger partial charge is 0.225 e. The van der Waals surface area contributed by atoms with Gasteiger partial charge in [-0.25, -0.2) is 29.9 Å². The van der Waals surface area contributed by atoms with Crippen LogP contribution >= 0.6 is 0 Å². The lowest BCUT2D eigenvalue weighted by atomic mass is 9.75. The Morgan fingerprint density at radius 2 is 0.885 bits per heavy atom. The van der Waals surface area contributed by atoms with Gasteiger partial charge in [-0.15, -0.1) is 0 Å². The van der Waals surface area contributed by atoms with Gasteiger partial charge in [-0.2, -0.15) is 0 Å². The van der Waals surface area contributed by atoms with E-state index in [9.17, 15) is 0 Å². The van der Waals surface area contributed by atoms with Gasteiger partial charge >= 0.3 is 0 Å². The summed E-state index contributed by atoms with van der Waals surface area (Å²) in [4.78, 5) is 26.2. The second kappa shape index (κ2) is 8.43. The molecule has 26 heavy (non-hydrogen) atoms. The van der Waals surface area contributed by atoms with Crippen LogP contribution in [0.4, 0.5) is 0 Å². The second-order valence-corrected chi connectivity index (χ2v) is 7.42. The standard InChI is InChI=1S/C20H26N6/c1-3-7-15(8-4-1)17(19-23-11-21-12-24-19)18(16-9-5-2-6-10-16)20-25-13-22-14-26-20/h11-16H,1-10H2/b18-17-. The molecule has 0 N–H and O–H groups in total. The van der Waals surface area contributed by atoms with Crippen molar-refractivity contribution < 1.29 is 0 Å². The monoisotopic (exact) mass is 350 g/mol.